The van der Waals surface area contributed by atoms with Crippen molar-refractivity contribution in [2.45, 2.75) is 37.2 Å². The van der Waals surface area contributed by atoms with Crippen molar-refractivity contribution in [2.75, 3.05) is 5.32 Å². The fourth-order valence-electron chi connectivity index (χ4n) is 4.14. The van der Waals surface area contributed by atoms with Gasteiger partial charge in [0.15, 0.2) is 5.16 Å². The largest absolute Gasteiger partial charge is 0.325 e. The number of anilines is 1. The fraction of sp³-hybridized carbons (Fsp3) is 0.185. The third kappa shape index (κ3) is 4.33. The second kappa shape index (κ2) is 9.76. The maximum atomic E-state index is 13.2. The summed E-state index contributed by atoms with van der Waals surface area (Å²) in [5, 5.41) is 12.5. The highest BCUT2D eigenvalue weighted by Gasteiger charge is 2.22. The molecular formula is C27H25N5O2S. The summed E-state index contributed by atoms with van der Waals surface area (Å²) in [5.74, 6) is 0.349. The van der Waals surface area contributed by atoms with Crippen LogP contribution in [0.25, 0.3) is 27.8 Å². The van der Waals surface area contributed by atoms with Gasteiger partial charge in [0.2, 0.25) is 11.7 Å². The Morgan fingerprint density at radius 2 is 1.69 bits per heavy atom. The molecule has 0 spiro atoms. The first-order valence-corrected chi connectivity index (χ1v) is 12.4. The zero-order valence-corrected chi connectivity index (χ0v) is 20.3. The molecule has 0 aliphatic heterocycles. The number of aromatic nitrogens is 4. The molecule has 2 aromatic heterocycles. The summed E-state index contributed by atoms with van der Waals surface area (Å²) in [6.07, 6.45) is 0.795. The van der Waals surface area contributed by atoms with Crippen LogP contribution in [0.2, 0.25) is 0 Å². The van der Waals surface area contributed by atoms with E-state index in [9.17, 15) is 9.59 Å². The van der Waals surface area contributed by atoms with Crippen LogP contribution in [0.1, 0.15) is 20.3 Å². The second-order valence-electron chi connectivity index (χ2n) is 8.25. The Morgan fingerprint density at radius 1 is 0.971 bits per heavy atom. The molecule has 0 aliphatic rings. The van der Waals surface area contributed by atoms with Gasteiger partial charge in [0.1, 0.15) is 0 Å². The maximum absolute atomic E-state index is 13.2. The average molecular weight is 484 g/mol. The smallest absolute Gasteiger partial charge is 0.262 e. The van der Waals surface area contributed by atoms with E-state index in [4.69, 9.17) is 0 Å². The van der Waals surface area contributed by atoms with Gasteiger partial charge in [-0.1, -0.05) is 79.3 Å². The summed E-state index contributed by atoms with van der Waals surface area (Å²) >= 11 is 1.32. The van der Waals surface area contributed by atoms with Gasteiger partial charge in [-0.15, -0.1) is 10.2 Å². The SMILES string of the molecule is CCCn1c(=O)c2ccccc2n2c(S[C@H](C)C(=O)Nc3ccccc3-c3ccccc3)nnc12. The molecule has 0 radical (unpaired) electrons. The Morgan fingerprint density at radius 3 is 2.49 bits per heavy atom. The first kappa shape index (κ1) is 22.9. The molecule has 1 amide bonds. The molecule has 2 heterocycles. The van der Waals surface area contributed by atoms with Crippen molar-refractivity contribution in [3.8, 4) is 11.1 Å². The third-order valence-electron chi connectivity index (χ3n) is 5.85. The monoisotopic (exact) mass is 483 g/mol. The van der Waals surface area contributed by atoms with Crippen LogP contribution in [0.5, 0.6) is 0 Å². The van der Waals surface area contributed by atoms with E-state index in [2.05, 4.69) is 15.5 Å². The lowest BCUT2D eigenvalue weighted by Crippen LogP contribution is -2.24. The zero-order valence-electron chi connectivity index (χ0n) is 19.5. The minimum absolute atomic E-state index is 0.0813. The minimum atomic E-state index is -0.448. The summed E-state index contributed by atoms with van der Waals surface area (Å²) in [5.41, 5.74) is 3.40. The van der Waals surface area contributed by atoms with E-state index in [-0.39, 0.29) is 11.5 Å². The lowest BCUT2D eigenvalue weighted by atomic mass is 10.0. The normalized spacial score (nSPS) is 12.2. The van der Waals surface area contributed by atoms with Gasteiger partial charge in [-0.3, -0.25) is 18.6 Å². The topological polar surface area (TPSA) is 81.3 Å². The van der Waals surface area contributed by atoms with Crippen LogP contribution in [-0.2, 0) is 11.3 Å². The van der Waals surface area contributed by atoms with Gasteiger partial charge < -0.3 is 5.32 Å². The molecule has 3 aromatic carbocycles. The highest BCUT2D eigenvalue weighted by molar-refractivity contribution is 8.00. The van der Waals surface area contributed by atoms with Crippen molar-refractivity contribution in [1.82, 2.24) is 19.2 Å². The number of hydrogen-bond donors (Lipinski definition) is 1. The number of nitrogens with one attached hydrogen (secondary N) is 1. The molecule has 0 bridgehead atoms. The Bertz CT molecular complexity index is 1580. The van der Waals surface area contributed by atoms with Gasteiger partial charge in [0, 0.05) is 17.8 Å². The predicted octanol–water partition coefficient (Wildman–Crippen LogP) is 5.24. The minimum Gasteiger partial charge on any atom is -0.325 e. The second-order valence-corrected chi connectivity index (χ2v) is 9.56. The summed E-state index contributed by atoms with van der Waals surface area (Å²) < 4.78 is 3.53. The quantitative estimate of drug-likeness (QED) is 0.320. The first-order chi connectivity index (χ1) is 17.1. The molecule has 0 saturated heterocycles. The lowest BCUT2D eigenvalue weighted by Gasteiger charge is -2.15. The fourth-order valence-corrected chi connectivity index (χ4v) is 5.00. The van der Waals surface area contributed by atoms with Crippen LogP contribution in [-0.4, -0.2) is 30.3 Å². The van der Waals surface area contributed by atoms with Gasteiger partial charge in [0.05, 0.1) is 16.2 Å². The first-order valence-electron chi connectivity index (χ1n) is 11.6. The van der Waals surface area contributed by atoms with Gasteiger partial charge in [0.25, 0.3) is 5.56 Å². The zero-order chi connectivity index (χ0) is 24.4. The number of carbonyl (C=O) groups excluding carboxylic acids is 1. The van der Waals surface area contributed by atoms with Crippen LogP contribution in [0, 0.1) is 0 Å². The number of fused-ring (bicyclic) bond motifs is 3. The summed E-state index contributed by atoms with van der Waals surface area (Å²) in [6, 6.07) is 25.2. The standard InChI is InChI=1S/C27H25N5O2S/c1-3-17-31-25(34)21-14-8-10-16-23(21)32-26(31)29-30-27(32)35-18(2)24(33)28-22-15-9-7-13-20(22)19-11-5-4-6-12-19/h4-16,18H,3,17H2,1-2H3,(H,28,33)/t18-/m1/s1. The molecule has 176 valence electrons. The number of benzene rings is 3. The van der Waals surface area contributed by atoms with E-state index in [1.807, 2.05) is 97.1 Å². The molecule has 0 aliphatic carbocycles. The number of hydrogen-bond acceptors (Lipinski definition) is 5. The molecule has 1 N–H and O–H groups in total. The van der Waals surface area contributed by atoms with Crippen molar-refractivity contribution in [2.24, 2.45) is 0 Å². The molecule has 5 rings (SSSR count). The molecular weight excluding hydrogens is 458 g/mol. The molecule has 0 fully saturated rings. The highest BCUT2D eigenvalue weighted by atomic mass is 32.2. The van der Waals surface area contributed by atoms with E-state index in [1.165, 1.54) is 11.8 Å². The van der Waals surface area contributed by atoms with Crippen molar-refractivity contribution < 1.29 is 4.79 Å². The predicted molar refractivity (Wildman–Crippen MR) is 141 cm³/mol. The number of rotatable bonds is 7. The summed E-state index contributed by atoms with van der Waals surface area (Å²) in [4.78, 5) is 26.2. The summed E-state index contributed by atoms with van der Waals surface area (Å²) in [6.45, 7) is 4.41. The van der Waals surface area contributed by atoms with E-state index in [0.29, 0.717) is 22.9 Å². The van der Waals surface area contributed by atoms with Crippen LogP contribution in [0.4, 0.5) is 5.69 Å². The molecule has 8 heteroatoms. The number of aryl methyl sites for hydroxylation is 1. The van der Waals surface area contributed by atoms with E-state index >= 15 is 0 Å². The number of thioether (sulfide) groups is 1. The van der Waals surface area contributed by atoms with Crippen molar-refractivity contribution in [1.29, 1.82) is 0 Å². The molecule has 0 saturated carbocycles. The van der Waals surface area contributed by atoms with Gasteiger partial charge in [-0.2, -0.15) is 0 Å². The Hall–Kier alpha value is -3.91. The summed E-state index contributed by atoms with van der Waals surface area (Å²) in [7, 11) is 0. The number of amides is 1. The van der Waals surface area contributed by atoms with Crippen LogP contribution >= 0.6 is 11.8 Å². The van der Waals surface area contributed by atoms with E-state index < -0.39 is 5.25 Å². The van der Waals surface area contributed by atoms with Crippen molar-refractivity contribution >= 4 is 40.0 Å². The van der Waals surface area contributed by atoms with Crippen LogP contribution in [0.3, 0.4) is 0 Å². The maximum Gasteiger partial charge on any atom is 0.262 e. The molecule has 5 aromatic rings. The van der Waals surface area contributed by atoms with Crippen molar-refractivity contribution in [3.63, 3.8) is 0 Å². The van der Waals surface area contributed by atoms with Crippen molar-refractivity contribution in [3.05, 3.63) is 89.2 Å². The van der Waals surface area contributed by atoms with Gasteiger partial charge in [-0.05, 0) is 37.1 Å². The molecule has 1 atom stereocenters. The lowest BCUT2D eigenvalue weighted by molar-refractivity contribution is -0.115. The number of carbonyl (C=O) groups is 1. The van der Waals surface area contributed by atoms with Crippen LogP contribution in [0.15, 0.2) is 88.8 Å². The molecule has 35 heavy (non-hydrogen) atoms. The third-order valence-corrected chi connectivity index (χ3v) is 6.89. The Kier molecular flexibility index (Phi) is 6.37. The number of nitrogens with zero attached hydrogens (tertiary/aromatic N) is 4. The number of para-hydroxylation sites is 2. The van der Waals surface area contributed by atoms with Gasteiger partial charge >= 0.3 is 0 Å². The Balaban J connectivity index is 1.47. The van der Waals surface area contributed by atoms with Gasteiger partial charge in [-0.25, -0.2) is 0 Å². The Labute approximate surface area is 206 Å². The van der Waals surface area contributed by atoms with Crippen LogP contribution < -0.4 is 10.9 Å². The average Bonchev–Trinajstić information content (AvgIpc) is 3.30. The van der Waals surface area contributed by atoms with E-state index in [0.717, 1.165) is 28.8 Å². The highest BCUT2D eigenvalue weighted by Crippen LogP contribution is 2.30. The molecule has 7 nitrogen and oxygen atoms in total. The van der Waals surface area contributed by atoms with E-state index in [1.54, 1.807) is 4.57 Å². The molecule has 0 unspecified atom stereocenters.